The zero-order chi connectivity index (χ0) is 10.8. The molecule has 1 atom stereocenters. The van der Waals surface area contributed by atoms with Gasteiger partial charge in [0.25, 0.3) is 0 Å². The zero-order valence-electron chi connectivity index (χ0n) is 7.18. The number of hydrogen-bond donors (Lipinski definition) is 1. The summed E-state index contributed by atoms with van der Waals surface area (Å²) in [5.74, 6) is 0. The first-order valence-corrected chi connectivity index (χ1v) is 4.75. The summed E-state index contributed by atoms with van der Waals surface area (Å²) < 4.78 is 36.8. The van der Waals surface area contributed by atoms with Crippen molar-refractivity contribution in [3.8, 4) is 0 Å². The van der Waals surface area contributed by atoms with E-state index in [1.807, 2.05) is 0 Å². The third-order valence-corrected chi connectivity index (χ3v) is 2.28. The molecule has 0 amide bonds. The largest absolute Gasteiger partial charge is 0.390 e. The highest BCUT2D eigenvalue weighted by molar-refractivity contribution is 9.10. The van der Waals surface area contributed by atoms with E-state index in [0.29, 0.717) is 5.56 Å². The second-order valence-electron chi connectivity index (χ2n) is 2.98. The molecule has 0 unspecified atom stereocenters. The molecule has 0 saturated carbocycles. The van der Waals surface area contributed by atoms with Gasteiger partial charge in [-0.3, -0.25) is 0 Å². The fourth-order valence-corrected chi connectivity index (χ4v) is 1.34. The Morgan fingerprint density at radius 2 is 1.71 bits per heavy atom. The fourth-order valence-electron chi connectivity index (χ4n) is 1.08. The molecule has 0 aliphatic heterocycles. The monoisotopic (exact) mass is 267 g/mol. The van der Waals surface area contributed by atoms with E-state index in [2.05, 4.69) is 15.9 Å². The van der Waals surface area contributed by atoms with Gasteiger partial charge in [-0.25, -0.2) is 0 Å². The van der Waals surface area contributed by atoms with Crippen LogP contribution < -0.4 is 5.73 Å². The van der Waals surface area contributed by atoms with Gasteiger partial charge < -0.3 is 5.73 Å². The average Bonchev–Trinajstić information content (AvgIpc) is 2.02. The molecule has 0 fully saturated rings. The minimum atomic E-state index is -4.22. The van der Waals surface area contributed by atoms with Crippen molar-refractivity contribution in [1.29, 1.82) is 0 Å². The highest BCUT2D eigenvalue weighted by Gasteiger charge is 2.30. The molecule has 78 valence electrons. The van der Waals surface area contributed by atoms with E-state index < -0.39 is 18.6 Å². The van der Waals surface area contributed by atoms with Gasteiger partial charge in [0.05, 0.1) is 6.42 Å². The van der Waals surface area contributed by atoms with Gasteiger partial charge in [-0.05, 0) is 17.7 Å². The van der Waals surface area contributed by atoms with Crippen LogP contribution in [0.2, 0.25) is 0 Å². The molecule has 1 aromatic carbocycles. The summed E-state index contributed by atoms with van der Waals surface area (Å²) in [7, 11) is 0. The van der Waals surface area contributed by atoms with Gasteiger partial charge in [0.1, 0.15) is 0 Å². The minimum absolute atomic E-state index is 0.491. The molecule has 14 heavy (non-hydrogen) atoms. The molecule has 0 spiro atoms. The van der Waals surface area contributed by atoms with Gasteiger partial charge in [0, 0.05) is 10.5 Å². The average molecular weight is 268 g/mol. The van der Waals surface area contributed by atoms with Crippen molar-refractivity contribution in [1.82, 2.24) is 0 Å². The van der Waals surface area contributed by atoms with Crippen LogP contribution in [0.1, 0.15) is 18.0 Å². The first kappa shape index (κ1) is 11.5. The van der Waals surface area contributed by atoms with E-state index in [0.717, 1.165) is 4.47 Å². The molecule has 0 radical (unpaired) electrons. The maximum atomic E-state index is 12.0. The Labute approximate surface area is 88.2 Å². The van der Waals surface area contributed by atoms with E-state index in [1.54, 1.807) is 24.3 Å². The third-order valence-electron chi connectivity index (χ3n) is 1.75. The van der Waals surface area contributed by atoms with Crippen LogP contribution in [-0.4, -0.2) is 6.18 Å². The highest BCUT2D eigenvalue weighted by atomic mass is 79.9. The number of benzene rings is 1. The predicted molar refractivity (Wildman–Crippen MR) is 51.7 cm³/mol. The summed E-state index contributed by atoms with van der Waals surface area (Å²) >= 11 is 3.19. The zero-order valence-corrected chi connectivity index (χ0v) is 8.77. The molecule has 1 nitrogen and oxygen atoms in total. The van der Waals surface area contributed by atoms with Crippen LogP contribution in [0, 0.1) is 0 Å². The standard InChI is InChI=1S/C9H9BrF3N/c10-7-3-1-6(2-4-7)8(14)5-9(11,12)13/h1-4,8H,5,14H2/t8-/m1/s1. The molecule has 0 aliphatic rings. The summed E-state index contributed by atoms with van der Waals surface area (Å²) in [6.45, 7) is 0. The van der Waals surface area contributed by atoms with Crippen molar-refractivity contribution in [2.45, 2.75) is 18.6 Å². The molecule has 0 bridgehead atoms. The number of alkyl halides is 3. The number of rotatable bonds is 2. The number of nitrogens with two attached hydrogens (primary N) is 1. The van der Waals surface area contributed by atoms with Crippen molar-refractivity contribution in [3.63, 3.8) is 0 Å². The summed E-state index contributed by atoms with van der Waals surface area (Å²) in [6.07, 6.45) is -5.21. The molecule has 0 saturated heterocycles. The molecule has 5 heteroatoms. The summed E-state index contributed by atoms with van der Waals surface area (Å²) in [6, 6.07) is 5.53. The second-order valence-corrected chi connectivity index (χ2v) is 3.89. The molecular formula is C9H9BrF3N. The summed E-state index contributed by atoms with van der Waals surface area (Å²) in [4.78, 5) is 0. The summed E-state index contributed by atoms with van der Waals surface area (Å²) in [5, 5.41) is 0. The first-order chi connectivity index (χ1) is 6.38. The molecule has 0 aromatic heterocycles. The molecule has 0 aliphatic carbocycles. The van der Waals surface area contributed by atoms with Crippen LogP contribution in [0.25, 0.3) is 0 Å². The first-order valence-electron chi connectivity index (χ1n) is 3.96. The third kappa shape index (κ3) is 3.67. The van der Waals surface area contributed by atoms with Crippen LogP contribution in [-0.2, 0) is 0 Å². The number of hydrogen-bond acceptors (Lipinski definition) is 1. The maximum Gasteiger partial charge on any atom is 0.390 e. The van der Waals surface area contributed by atoms with Gasteiger partial charge in [0.2, 0.25) is 0 Å². The molecule has 1 aromatic rings. The quantitative estimate of drug-likeness (QED) is 0.874. The van der Waals surface area contributed by atoms with Crippen LogP contribution in [0.4, 0.5) is 13.2 Å². The second kappa shape index (κ2) is 4.31. The van der Waals surface area contributed by atoms with Crippen molar-refractivity contribution in [2.24, 2.45) is 5.73 Å². The minimum Gasteiger partial charge on any atom is -0.324 e. The molecular weight excluding hydrogens is 259 g/mol. The predicted octanol–water partition coefficient (Wildman–Crippen LogP) is 3.40. The van der Waals surface area contributed by atoms with Crippen molar-refractivity contribution >= 4 is 15.9 Å². The van der Waals surface area contributed by atoms with E-state index in [-0.39, 0.29) is 0 Å². The van der Waals surface area contributed by atoms with Crippen LogP contribution >= 0.6 is 15.9 Å². The maximum absolute atomic E-state index is 12.0. The lowest BCUT2D eigenvalue weighted by Crippen LogP contribution is -2.20. The lowest BCUT2D eigenvalue weighted by Gasteiger charge is -2.14. The molecule has 2 N–H and O–H groups in total. The molecule has 0 heterocycles. The Kier molecular flexibility index (Phi) is 3.55. The SMILES string of the molecule is N[C@H](CC(F)(F)F)c1ccc(Br)cc1. The van der Waals surface area contributed by atoms with Gasteiger partial charge >= 0.3 is 6.18 Å². The van der Waals surface area contributed by atoms with Gasteiger partial charge in [-0.1, -0.05) is 28.1 Å². The van der Waals surface area contributed by atoms with E-state index in [1.165, 1.54) is 0 Å². The Morgan fingerprint density at radius 1 is 1.21 bits per heavy atom. The lowest BCUT2D eigenvalue weighted by atomic mass is 10.1. The Bertz CT molecular complexity index is 294. The number of halogens is 4. The van der Waals surface area contributed by atoms with E-state index in [4.69, 9.17) is 5.73 Å². The van der Waals surface area contributed by atoms with Crippen molar-refractivity contribution in [2.75, 3.05) is 0 Å². The highest BCUT2D eigenvalue weighted by Crippen LogP contribution is 2.28. The normalized spacial score (nSPS) is 14.1. The van der Waals surface area contributed by atoms with Crippen LogP contribution in [0.5, 0.6) is 0 Å². The van der Waals surface area contributed by atoms with E-state index >= 15 is 0 Å². The van der Waals surface area contributed by atoms with Gasteiger partial charge in [-0.15, -0.1) is 0 Å². The van der Waals surface area contributed by atoms with Crippen LogP contribution in [0.15, 0.2) is 28.7 Å². The lowest BCUT2D eigenvalue weighted by molar-refractivity contribution is -0.138. The Balaban J connectivity index is 2.70. The Morgan fingerprint density at radius 3 is 2.14 bits per heavy atom. The van der Waals surface area contributed by atoms with Gasteiger partial charge in [-0.2, -0.15) is 13.2 Å². The van der Waals surface area contributed by atoms with E-state index in [9.17, 15) is 13.2 Å². The Hall–Kier alpha value is -0.550. The molecule has 1 rings (SSSR count). The smallest absolute Gasteiger partial charge is 0.324 e. The van der Waals surface area contributed by atoms with Crippen molar-refractivity contribution in [3.05, 3.63) is 34.3 Å². The summed E-state index contributed by atoms with van der Waals surface area (Å²) in [5.41, 5.74) is 5.89. The van der Waals surface area contributed by atoms with Crippen molar-refractivity contribution < 1.29 is 13.2 Å². The fraction of sp³-hybridized carbons (Fsp3) is 0.333. The topological polar surface area (TPSA) is 26.0 Å². The van der Waals surface area contributed by atoms with Gasteiger partial charge in [0.15, 0.2) is 0 Å². The van der Waals surface area contributed by atoms with Crippen LogP contribution in [0.3, 0.4) is 0 Å².